The maximum atomic E-state index is 13.0. The Bertz CT molecular complexity index is 908. The van der Waals surface area contributed by atoms with Crippen molar-refractivity contribution in [2.24, 2.45) is 0 Å². The van der Waals surface area contributed by atoms with Gasteiger partial charge in [0.25, 0.3) is 5.91 Å². The minimum Gasteiger partial charge on any atom is -0.387 e. The van der Waals surface area contributed by atoms with Crippen LogP contribution in [-0.4, -0.2) is 33.0 Å². The van der Waals surface area contributed by atoms with E-state index in [0.29, 0.717) is 11.0 Å². The maximum absolute atomic E-state index is 13.0. The molecule has 0 bridgehead atoms. The van der Waals surface area contributed by atoms with E-state index in [4.69, 9.17) is 0 Å². The van der Waals surface area contributed by atoms with Crippen LogP contribution in [0.15, 0.2) is 42.5 Å². The maximum Gasteiger partial charge on any atom is 0.416 e. The van der Waals surface area contributed by atoms with E-state index in [-0.39, 0.29) is 17.7 Å². The van der Waals surface area contributed by atoms with Crippen molar-refractivity contribution in [3.8, 4) is 0 Å². The van der Waals surface area contributed by atoms with Gasteiger partial charge in [0.15, 0.2) is 0 Å². The highest BCUT2D eigenvalue weighted by atomic mass is 19.4. The molecule has 0 aliphatic carbocycles. The van der Waals surface area contributed by atoms with Crippen LogP contribution in [0, 0.1) is 0 Å². The first kappa shape index (κ1) is 16.9. The van der Waals surface area contributed by atoms with Gasteiger partial charge in [0, 0.05) is 12.1 Å². The molecule has 3 N–H and O–H groups in total. The molecule has 0 saturated carbocycles. The molecule has 0 spiro atoms. The van der Waals surface area contributed by atoms with Gasteiger partial charge in [-0.2, -0.15) is 28.6 Å². The van der Waals surface area contributed by atoms with E-state index in [1.165, 1.54) is 30.3 Å². The predicted molar refractivity (Wildman–Crippen MR) is 82.6 cm³/mol. The molecule has 0 radical (unpaired) electrons. The van der Waals surface area contributed by atoms with E-state index in [1.54, 1.807) is 6.07 Å². The number of alkyl halides is 3. The smallest absolute Gasteiger partial charge is 0.387 e. The highest BCUT2D eigenvalue weighted by Gasteiger charge is 2.34. The molecule has 2 aromatic carbocycles. The number of carbonyl (C=O) groups is 1. The molecule has 3 rings (SSSR count). The minimum atomic E-state index is -4.58. The lowest BCUT2D eigenvalue weighted by molar-refractivity contribution is -0.139. The largest absolute Gasteiger partial charge is 0.416 e. The van der Waals surface area contributed by atoms with E-state index in [0.717, 1.165) is 6.07 Å². The topological polar surface area (TPSA) is 90.9 Å². The number of nitrogens with one attached hydrogen (secondary N) is 2. The van der Waals surface area contributed by atoms with Gasteiger partial charge >= 0.3 is 6.18 Å². The summed E-state index contributed by atoms with van der Waals surface area (Å²) in [4.78, 5) is 12.1. The van der Waals surface area contributed by atoms with Crippen LogP contribution in [-0.2, 0) is 6.18 Å². The molecule has 0 fully saturated rings. The van der Waals surface area contributed by atoms with Crippen LogP contribution in [0.1, 0.15) is 27.6 Å². The van der Waals surface area contributed by atoms with Crippen molar-refractivity contribution >= 4 is 16.9 Å². The number of hydrogen-bond donors (Lipinski definition) is 3. The molecule has 0 aliphatic rings. The van der Waals surface area contributed by atoms with Gasteiger partial charge < -0.3 is 10.4 Å². The fourth-order valence-electron chi connectivity index (χ4n) is 2.43. The number of aliphatic hydroxyl groups excluding tert-OH is 1. The molecule has 6 nitrogen and oxygen atoms in total. The Morgan fingerprint density at radius 1 is 1.16 bits per heavy atom. The Morgan fingerprint density at radius 3 is 2.64 bits per heavy atom. The predicted octanol–water partition coefficient (Wildman–Crippen LogP) is 2.44. The molecule has 0 aliphatic heterocycles. The first-order chi connectivity index (χ1) is 11.9. The van der Waals surface area contributed by atoms with Crippen LogP contribution in [0.5, 0.6) is 0 Å². The molecule has 1 atom stereocenters. The van der Waals surface area contributed by atoms with Crippen molar-refractivity contribution in [2.45, 2.75) is 12.3 Å². The van der Waals surface area contributed by atoms with Crippen LogP contribution in [0.4, 0.5) is 13.2 Å². The summed E-state index contributed by atoms with van der Waals surface area (Å²) in [6, 6.07) is 9.29. The quantitative estimate of drug-likeness (QED) is 0.674. The standard InChI is InChI=1S/C16H13F3N4O2/c17-16(18,19)11-4-2-1-3-10(11)14(24)8-20-15(25)9-5-6-12-13(7-9)22-23-21-12/h1-7,14,24H,8H2,(H,20,25)(H,21,22,23). The average molecular weight is 350 g/mol. The van der Waals surface area contributed by atoms with Crippen molar-refractivity contribution < 1.29 is 23.1 Å². The highest BCUT2D eigenvalue weighted by molar-refractivity contribution is 5.97. The van der Waals surface area contributed by atoms with Gasteiger partial charge in [-0.3, -0.25) is 4.79 Å². The molecule has 3 aromatic rings. The van der Waals surface area contributed by atoms with Gasteiger partial charge in [-0.05, 0) is 29.8 Å². The van der Waals surface area contributed by atoms with Crippen LogP contribution < -0.4 is 5.32 Å². The third-order valence-corrected chi connectivity index (χ3v) is 3.66. The zero-order valence-corrected chi connectivity index (χ0v) is 12.7. The molecule has 25 heavy (non-hydrogen) atoms. The monoisotopic (exact) mass is 350 g/mol. The van der Waals surface area contributed by atoms with Crippen LogP contribution in [0.3, 0.4) is 0 Å². The second-order valence-corrected chi connectivity index (χ2v) is 5.34. The molecule has 1 amide bonds. The summed E-state index contributed by atoms with van der Waals surface area (Å²) in [6.07, 6.45) is -6.07. The number of halogens is 3. The third kappa shape index (κ3) is 3.61. The third-order valence-electron chi connectivity index (χ3n) is 3.66. The number of benzene rings is 2. The average Bonchev–Trinajstić information content (AvgIpc) is 3.06. The molecule has 9 heteroatoms. The number of hydrogen-bond acceptors (Lipinski definition) is 4. The Hall–Kier alpha value is -2.94. The lowest BCUT2D eigenvalue weighted by Gasteiger charge is -2.17. The molecule has 1 unspecified atom stereocenters. The number of H-pyrrole nitrogens is 1. The first-order valence-electron chi connectivity index (χ1n) is 7.29. The van der Waals surface area contributed by atoms with Crippen LogP contribution >= 0.6 is 0 Å². The van der Waals surface area contributed by atoms with Gasteiger partial charge in [0.2, 0.25) is 0 Å². The van der Waals surface area contributed by atoms with E-state index in [9.17, 15) is 23.1 Å². The molecule has 1 heterocycles. The van der Waals surface area contributed by atoms with Crippen molar-refractivity contribution in [3.63, 3.8) is 0 Å². The zero-order valence-electron chi connectivity index (χ0n) is 12.7. The van der Waals surface area contributed by atoms with Crippen molar-refractivity contribution in [3.05, 3.63) is 59.2 Å². The summed E-state index contributed by atoms with van der Waals surface area (Å²) in [5, 5.41) is 22.6. The lowest BCUT2D eigenvalue weighted by Crippen LogP contribution is -2.29. The Morgan fingerprint density at radius 2 is 1.88 bits per heavy atom. The number of nitrogens with zero attached hydrogens (tertiary/aromatic N) is 2. The van der Waals surface area contributed by atoms with E-state index < -0.39 is 23.8 Å². The Balaban J connectivity index is 1.72. The molecular weight excluding hydrogens is 337 g/mol. The fourth-order valence-corrected chi connectivity index (χ4v) is 2.43. The molecule has 1 aromatic heterocycles. The van der Waals surface area contributed by atoms with Crippen LogP contribution in [0.25, 0.3) is 11.0 Å². The minimum absolute atomic E-state index is 0.262. The number of aliphatic hydroxyl groups is 1. The van der Waals surface area contributed by atoms with E-state index >= 15 is 0 Å². The summed E-state index contributed by atoms with van der Waals surface area (Å²) in [7, 11) is 0. The summed E-state index contributed by atoms with van der Waals surface area (Å²) in [6.45, 7) is -0.358. The van der Waals surface area contributed by atoms with Gasteiger partial charge in [0.1, 0.15) is 11.0 Å². The number of fused-ring (bicyclic) bond motifs is 1. The van der Waals surface area contributed by atoms with E-state index in [1.807, 2.05) is 0 Å². The number of amides is 1. The number of carbonyl (C=O) groups excluding carboxylic acids is 1. The normalized spacial score (nSPS) is 13.0. The van der Waals surface area contributed by atoms with Crippen molar-refractivity contribution in [1.82, 2.24) is 20.7 Å². The summed E-state index contributed by atoms with van der Waals surface area (Å²) in [5.74, 6) is -0.534. The Labute approximate surface area is 139 Å². The number of aromatic nitrogens is 3. The number of rotatable bonds is 4. The second kappa shape index (κ2) is 6.52. The fraction of sp³-hybridized carbons (Fsp3) is 0.188. The zero-order chi connectivity index (χ0) is 18.0. The Kier molecular flexibility index (Phi) is 4.41. The van der Waals surface area contributed by atoms with Crippen molar-refractivity contribution in [1.29, 1.82) is 0 Å². The molecular formula is C16H13F3N4O2. The lowest BCUT2D eigenvalue weighted by atomic mass is 10.0. The summed E-state index contributed by atoms with van der Waals surface area (Å²) < 4.78 is 38.9. The molecule has 0 saturated heterocycles. The first-order valence-corrected chi connectivity index (χ1v) is 7.29. The second-order valence-electron chi connectivity index (χ2n) is 5.34. The van der Waals surface area contributed by atoms with Crippen molar-refractivity contribution in [2.75, 3.05) is 6.54 Å². The van der Waals surface area contributed by atoms with Gasteiger partial charge in [-0.15, -0.1) is 0 Å². The van der Waals surface area contributed by atoms with Gasteiger partial charge in [0.05, 0.1) is 11.7 Å². The number of aromatic amines is 1. The highest BCUT2D eigenvalue weighted by Crippen LogP contribution is 2.34. The molecule has 130 valence electrons. The summed E-state index contributed by atoms with van der Waals surface area (Å²) in [5.41, 5.74) is 0.104. The van der Waals surface area contributed by atoms with Gasteiger partial charge in [-0.1, -0.05) is 18.2 Å². The summed E-state index contributed by atoms with van der Waals surface area (Å²) >= 11 is 0. The SMILES string of the molecule is O=C(NCC(O)c1ccccc1C(F)(F)F)c1ccc2n[nH]nc2c1. The van der Waals surface area contributed by atoms with E-state index in [2.05, 4.69) is 20.7 Å². The van der Waals surface area contributed by atoms with Gasteiger partial charge in [-0.25, -0.2) is 0 Å². The van der Waals surface area contributed by atoms with Crippen LogP contribution in [0.2, 0.25) is 0 Å².